The molecule has 3 rings (SSSR count). The molecule has 21 heavy (non-hydrogen) atoms. The highest BCUT2D eigenvalue weighted by Crippen LogP contribution is 2.31. The van der Waals surface area contributed by atoms with Gasteiger partial charge in [-0.3, -0.25) is 4.90 Å². The number of hydrogen-bond donors (Lipinski definition) is 1. The average molecular weight is 284 g/mol. The van der Waals surface area contributed by atoms with Crippen LogP contribution in [-0.4, -0.2) is 17.5 Å². The van der Waals surface area contributed by atoms with Gasteiger partial charge in [-0.1, -0.05) is 37.3 Å². The molecule has 112 valence electrons. The number of nitrogens with zero attached hydrogens (tertiary/aromatic N) is 1. The lowest BCUT2D eigenvalue weighted by atomic mass is 9.95. The van der Waals surface area contributed by atoms with Crippen molar-refractivity contribution in [3.63, 3.8) is 0 Å². The Morgan fingerprint density at radius 1 is 1.19 bits per heavy atom. The van der Waals surface area contributed by atoms with Crippen molar-refractivity contribution in [2.45, 2.75) is 38.4 Å². The molecule has 3 heteroatoms. The molecule has 0 amide bonds. The van der Waals surface area contributed by atoms with Gasteiger partial charge in [0.1, 0.15) is 5.76 Å². The maximum absolute atomic E-state index is 6.43. The second kappa shape index (κ2) is 6.46. The molecule has 0 spiro atoms. The first-order valence-corrected chi connectivity index (χ1v) is 7.81. The number of rotatable bonds is 7. The van der Waals surface area contributed by atoms with Gasteiger partial charge >= 0.3 is 0 Å². The third-order valence-electron chi connectivity index (χ3n) is 4.32. The fourth-order valence-corrected chi connectivity index (χ4v) is 2.87. The van der Waals surface area contributed by atoms with Crippen LogP contribution in [0.3, 0.4) is 0 Å². The summed E-state index contributed by atoms with van der Waals surface area (Å²) in [5, 5.41) is 0. The lowest BCUT2D eigenvalue weighted by molar-refractivity contribution is 0.191. The quantitative estimate of drug-likeness (QED) is 0.845. The Hall–Kier alpha value is -1.58. The maximum atomic E-state index is 6.43. The highest BCUT2D eigenvalue weighted by Gasteiger charge is 2.31. The molecule has 3 nitrogen and oxygen atoms in total. The largest absolute Gasteiger partial charge is 0.468 e. The minimum absolute atomic E-state index is 0.0871. The van der Waals surface area contributed by atoms with Crippen molar-refractivity contribution in [1.29, 1.82) is 0 Å². The molecule has 1 aliphatic carbocycles. The number of nitrogens with two attached hydrogens (primary N) is 1. The van der Waals surface area contributed by atoms with Gasteiger partial charge in [-0.15, -0.1) is 0 Å². The molecule has 2 unspecified atom stereocenters. The lowest BCUT2D eigenvalue weighted by Gasteiger charge is -2.28. The second-order valence-corrected chi connectivity index (χ2v) is 6.15. The second-order valence-electron chi connectivity index (χ2n) is 6.15. The molecule has 1 aliphatic rings. The Bertz CT molecular complexity index is 534. The summed E-state index contributed by atoms with van der Waals surface area (Å²) < 4.78 is 5.50. The standard InChI is InChI=1S/C18H24N2O/c1-14(18(19)15-6-3-2-4-7-15)12-20(16-9-10-16)13-17-8-5-11-21-17/h2-8,11,14,16,18H,9-10,12-13,19H2,1H3. The van der Waals surface area contributed by atoms with Gasteiger partial charge in [-0.2, -0.15) is 0 Å². The summed E-state index contributed by atoms with van der Waals surface area (Å²) in [6, 6.07) is 15.2. The van der Waals surface area contributed by atoms with E-state index in [9.17, 15) is 0 Å². The number of hydrogen-bond acceptors (Lipinski definition) is 3. The van der Waals surface area contributed by atoms with Crippen LogP contribution in [0.25, 0.3) is 0 Å². The van der Waals surface area contributed by atoms with Crippen molar-refractivity contribution < 1.29 is 4.42 Å². The van der Waals surface area contributed by atoms with E-state index in [0.29, 0.717) is 12.0 Å². The zero-order valence-electron chi connectivity index (χ0n) is 12.6. The molecular weight excluding hydrogens is 260 g/mol. The van der Waals surface area contributed by atoms with Crippen LogP contribution in [-0.2, 0) is 6.54 Å². The summed E-state index contributed by atoms with van der Waals surface area (Å²) in [4.78, 5) is 2.52. The van der Waals surface area contributed by atoms with Crippen LogP contribution in [0.1, 0.15) is 37.1 Å². The fourth-order valence-electron chi connectivity index (χ4n) is 2.87. The third kappa shape index (κ3) is 3.74. The Kier molecular flexibility index (Phi) is 4.42. The van der Waals surface area contributed by atoms with Gasteiger partial charge in [0.25, 0.3) is 0 Å². The van der Waals surface area contributed by atoms with Crippen molar-refractivity contribution in [2.75, 3.05) is 6.54 Å². The Morgan fingerprint density at radius 3 is 2.57 bits per heavy atom. The van der Waals surface area contributed by atoms with Crippen LogP contribution in [0.4, 0.5) is 0 Å². The van der Waals surface area contributed by atoms with E-state index in [0.717, 1.165) is 18.8 Å². The van der Waals surface area contributed by atoms with E-state index >= 15 is 0 Å². The number of benzene rings is 1. The molecule has 1 saturated carbocycles. The van der Waals surface area contributed by atoms with Gasteiger partial charge in [-0.05, 0) is 36.5 Å². The van der Waals surface area contributed by atoms with Gasteiger partial charge in [0.2, 0.25) is 0 Å². The van der Waals surface area contributed by atoms with E-state index in [1.165, 1.54) is 18.4 Å². The van der Waals surface area contributed by atoms with Crippen LogP contribution in [0.2, 0.25) is 0 Å². The summed E-state index contributed by atoms with van der Waals surface area (Å²) >= 11 is 0. The molecule has 1 aromatic heterocycles. The molecule has 0 aliphatic heterocycles. The van der Waals surface area contributed by atoms with E-state index < -0.39 is 0 Å². The van der Waals surface area contributed by atoms with E-state index in [1.807, 2.05) is 12.1 Å². The molecule has 0 saturated heterocycles. The highest BCUT2D eigenvalue weighted by atomic mass is 16.3. The Labute approximate surface area is 126 Å². The van der Waals surface area contributed by atoms with Crippen LogP contribution in [0, 0.1) is 5.92 Å². The van der Waals surface area contributed by atoms with E-state index in [2.05, 4.69) is 42.2 Å². The number of furan rings is 1. The monoisotopic (exact) mass is 284 g/mol. The predicted octanol–water partition coefficient (Wildman–Crippen LogP) is 3.58. The van der Waals surface area contributed by atoms with E-state index in [4.69, 9.17) is 10.2 Å². The van der Waals surface area contributed by atoms with Crippen molar-refractivity contribution in [3.8, 4) is 0 Å². The molecule has 0 bridgehead atoms. The molecule has 1 aromatic carbocycles. The van der Waals surface area contributed by atoms with Crippen LogP contribution in [0.5, 0.6) is 0 Å². The molecule has 1 fully saturated rings. The highest BCUT2D eigenvalue weighted by molar-refractivity contribution is 5.19. The minimum Gasteiger partial charge on any atom is -0.468 e. The van der Waals surface area contributed by atoms with Gasteiger partial charge in [0, 0.05) is 18.6 Å². The van der Waals surface area contributed by atoms with E-state index in [-0.39, 0.29) is 6.04 Å². The van der Waals surface area contributed by atoms with Crippen molar-refractivity contribution in [3.05, 3.63) is 60.1 Å². The van der Waals surface area contributed by atoms with Crippen LogP contribution >= 0.6 is 0 Å². The van der Waals surface area contributed by atoms with Gasteiger partial charge in [0.15, 0.2) is 0 Å². The first-order chi connectivity index (χ1) is 10.2. The van der Waals surface area contributed by atoms with Crippen molar-refractivity contribution in [2.24, 2.45) is 11.7 Å². The Morgan fingerprint density at radius 2 is 1.95 bits per heavy atom. The smallest absolute Gasteiger partial charge is 0.117 e. The zero-order valence-corrected chi connectivity index (χ0v) is 12.6. The molecule has 0 radical (unpaired) electrons. The molecule has 2 atom stereocenters. The first-order valence-electron chi connectivity index (χ1n) is 7.81. The maximum Gasteiger partial charge on any atom is 0.117 e. The molecule has 1 heterocycles. The molecule has 2 aromatic rings. The van der Waals surface area contributed by atoms with Crippen molar-refractivity contribution in [1.82, 2.24) is 4.90 Å². The van der Waals surface area contributed by atoms with Gasteiger partial charge in [0.05, 0.1) is 12.8 Å². The molecular formula is C18H24N2O. The zero-order chi connectivity index (χ0) is 14.7. The normalized spacial score (nSPS) is 17.9. The van der Waals surface area contributed by atoms with Crippen LogP contribution < -0.4 is 5.73 Å². The molecule has 2 N–H and O–H groups in total. The lowest BCUT2D eigenvalue weighted by Crippen LogP contribution is -2.34. The van der Waals surface area contributed by atoms with Crippen LogP contribution in [0.15, 0.2) is 53.1 Å². The third-order valence-corrected chi connectivity index (χ3v) is 4.32. The summed E-state index contributed by atoms with van der Waals surface area (Å²) in [5.74, 6) is 1.46. The van der Waals surface area contributed by atoms with Gasteiger partial charge in [-0.25, -0.2) is 0 Å². The summed E-state index contributed by atoms with van der Waals surface area (Å²) in [6.07, 6.45) is 4.35. The first kappa shape index (κ1) is 14.4. The minimum atomic E-state index is 0.0871. The topological polar surface area (TPSA) is 42.4 Å². The van der Waals surface area contributed by atoms with E-state index in [1.54, 1.807) is 6.26 Å². The predicted molar refractivity (Wildman–Crippen MR) is 84.7 cm³/mol. The van der Waals surface area contributed by atoms with Gasteiger partial charge < -0.3 is 10.2 Å². The SMILES string of the molecule is CC(CN(Cc1ccco1)C1CC1)C(N)c1ccccc1. The summed E-state index contributed by atoms with van der Waals surface area (Å²) in [5.41, 5.74) is 7.65. The summed E-state index contributed by atoms with van der Waals surface area (Å²) in [6.45, 7) is 4.15. The van der Waals surface area contributed by atoms with Crippen molar-refractivity contribution >= 4 is 0 Å². The Balaban J connectivity index is 1.62. The average Bonchev–Trinajstić information content (AvgIpc) is 3.24. The summed E-state index contributed by atoms with van der Waals surface area (Å²) in [7, 11) is 0. The fraction of sp³-hybridized carbons (Fsp3) is 0.444.